The Bertz CT molecular complexity index is 1340. The molecule has 2 amide bonds. The van der Waals surface area contributed by atoms with E-state index in [1.165, 1.54) is 24.7 Å². The van der Waals surface area contributed by atoms with Crippen molar-refractivity contribution in [3.05, 3.63) is 109 Å². The summed E-state index contributed by atoms with van der Waals surface area (Å²) in [6, 6.07) is 22.1. The highest BCUT2D eigenvalue weighted by molar-refractivity contribution is 7.80. The Balaban J connectivity index is 1.25. The number of furan rings is 2. The summed E-state index contributed by atoms with van der Waals surface area (Å²) in [6.07, 6.45) is 8.85. The molecular weight excluding hydrogens is 520 g/mol. The van der Waals surface area contributed by atoms with Crippen molar-refractivity contribution in [1.82, 2.24) is 10.6 Å². The number of benzene rings is 2. The number of amides is 2. The summed E-state index contributed by atoms with van der Waals surface area (Å²) in [5.41, 5.74) is 3.43. The summed E-state index contributed by atoms with van der Waals surface area (Å²) in [5.74, 6) is 0.409. The third-order valence-electron chi connectivity index (χ3n) is 4.98. The number of hydrogen-bond donors (Lipinski definition) is 4. The summed E-state index contributed by atoms with van der Waals surface area (Å²) in [4.78, 5) is 24.0. The number of rotatable bonds is 7. The van der Waals surface area contributed by atoms with Crippen LogP contribution in [0.3, 0.4) is 0 Å². The SMILES string of the molecule is O=C(C=Cc1ccco1)NC(=S)Nc1ccc(-c2ccc(NC(=S)NC(=O)/C=C/c3ccco3)cc2)cc1. The first kappa shape index (κ1) is 26.3. The third kappa shape index (κ3) is 8.12. The lowest BCUT2D eigenvalue weighted by atomic mass is 10.1. The Morgan fingerprint density at radius 2 is 1.00 bits per heavy atom. The summed E-state index contributed by atoms with van der Waals surface area (Å²) >= 11 is 10.4. The normalized spacial score (nSPS) is 10.8. The molecule has 0 unspecified atom stereocenters. The van der Waals surface area contributed by atoms with Gasteiger partial charge in [0.1, 0.15) is 11.5 Å². The lowest BCUT2D eigenvalue weighted by Crippen LogP contribution is -2.32. The van der Waals surface area contributed by atoms with E-state index in [-0.39, 0.29) is 22.0 Å². The van der Waals surface area contributed by atoms with Crippen LogP contribution in [-0.4, -0.2) is 22.0 Å². The van der Waals surface area contributed by atoms with Crippen LogP contribution >= 0.6 is 24.4 Å². The maximum Gasteiger partial charge on any atom is 0.250 e. The fourth-order valence-corrected chi connectivity index (χ4v) is 3.65. The zero-order chi connectivity index (χ0) is 26.7. The van der Waals surface area contributed by atoms with Crippen molar-refractivity contribution in [3.63, 3.8) is 0 Å². The number of thiocarbonyl (C=S) groups is 2. The van der Waals surface area contributed by atoms with Crippen molar-refractivity contribution in [2.24, 2.45) is 0 Å². The Morgan fingerprint density at radius 3 is 1.34 bits per heavy atom. The maximum atomic E-state index is 12.0. The largest absolute Gasteiger partial charge is 0.465 e. The van der Waals surface area contributed by atoms with Gasteiger partial charge in [0.05, 0.1) is 12.5 Å². The average Bonchev–Trinajstić information content (AvgIpc) is 3.62. The molecule has 190 valence electrons. The topological polar surface area (TPSA) is 109 Å². The number of carbonyl (C=O) groups is 2. The van der Waals surface area contributed by atoms with Crippen LogP contribution in [-0.2, 0) is 9.59 Å². The molecule has 8 nitrogen and oxygen atoms in total. The van der Waals surface area contributed by atoms with Gasteiger partial charge in [-0.25, -0.2) is 0 Å². The van der Waals surface area contributed by atoms with Crippen LogP contribution in [0.15, 0.2) is 106 Å². The molecule has 0 bridgehead atoms. The van der Waals surface area contributed by atoms with Gasteiger partial charge in [0.25, 0.3) is 0 Å². The summed E-state index contributed by atoms with van der Waals surface area (Å²) in [7, 11) is 0. The van der Waals surface area contributed by atoms with E-state index >= 15 is 0 Å². The van der Waals surface area contributed by atoms with Gasteiger partial charge in [0, 0.05) is 23.5 Å². The van der Waals surface area contributed by atoms with Crippen molar-refractivity contribution in [1.29, 1.82) is 0 Å². The van der Waals surface area contributed by atoms with Gasteiger partial charge < -0.3 is 19.5 Å². The summed E-state index contributed by atoms with van der Waals surface area (Å²) < 4.78 is 10.3. The highest BCUT2D eigenvalue weighted by Gasteiger charge is 2.05. The Kier molecular flexibility index (Phi) is 8.95. The van der Waals surface area contributed by atoms with E-state index in [1.54, 1.807) is 36.4 Å². The lowest BCUT2D eigenvalue weighted by molar-refractivity contribution is -0.115. The third-order valence-corrected chi connectivity index (χ3v) is 5.38. The van der Waals surface area contributed by atoms with Crippen molar-refractivity contribution in [2.45, 2.75) is 0 Å². The highest BCUT2D eigenvalue weighted by Crippen LogP contribution is 2.23. The second kappa shape index (κ2) is 12.9. The molecule has 4 N–H and O–H groups in total. The van der Waals surface area contributed by atoms with Crippen molar-refractivity contribution >= 4 is 70.0 Å². The molecule has 0 aliphatic rings. The molecule has 2 aromatic heterocycles. The quantitative estimate of drug-likeness (QED) is 0.177. The van der Waals surface area contributed by atoms with E-state index in [2.05, 4.69) is 21.3 Å². The second-order valence-corrected chi connectivity index (χ2v) is 8.56. The first-order valence-corrected chi connectivity index (χ1v) is 12.1. The molecule has 0 aliphatic heterocycles. The Morgan fingerprint density at radius 1 is 0.605 bits per heavy atom. The molecule has 0 saturated heterocycles. The minimum atomic E-state index is -0.367. The standard InChI is InChI=1S/C28H22N4O4S2/c33-25(15-13-23-3-1-17-35-23)31-27(37)29-21-9-5-19(6-10-21)20-7-11-22(12-8-20)30-28(38)32-26(34)16-14-24-4-2-18-36-24/h1-18H,(H2,29,31,33,37)(H2,30,32,34,38)/b15-13+,16-14?. The van der Waals surface area contributed by atoms with Crippen molar-refractivity contribution in [2.75, 3.05) is 10.6 Å². The van der Waals surface area contributed by atoms with Gasteiger partial charge in [0.2, 0.25) is 11.8 Å². The highest BCUT2D eigenvalue weighted by atomic mass is 32.1. The van der Waals surface area contributed by atoms with E-state index in [0.717, 1.165) is 22.5 Å². The number of nitrogens with one attached hydrogen (secondary N) is 4. The van der Waals surface area contributed by atoms with Crippen molar-refractivity contribution in [3.8, 4) is 11.1 Å². The maximum absolute atomic E-state index is 12.0. The molecule has 2 aromatic carbocycles. The zero-order valence-electron chi connectivity index (χ0n) is 19.8. The molecule has 0 aliphatic carbocycles. The number of hydrogen-bond acceptors (Lipinski definition) is 6. The van der Waals surface area contributed by atoms with Gasteiger partial charge >= 0.3 is 0 Å². The molecule has 4 aromatic rings. The van der Waals surface area contributed by atoms with Gasteiger partial charge in [-0.2, -0.15) is 0 Å². The first-order chi connectivity index (χ1) is 18.4. The van der Waals surface area contributed by atoms with E-state index in [4.69, 9.17) is 33.3 Å². The van der Waals surface area contributed by atoms with Gasteiger partial charge in [0.15, 0.2) is 10.2 Å². The van der Waals surface area contributed by atoms with Crippen LogP contribution in [0.25, 0.3) is 23.3 Å². The first-order valence-electron chi connectivity index (χ1n) is 11.3. The van der Waals surface area contributed by atoms with E-state index < -0.39 is 0 Å². The zero-order valence-corrected chi connectivity index (χ0v) is 21.5. The van der Waals surface area contributed by atoms with Gasteiger partial charge in [-0.1, -0.05) is 24.3 Å². The monoisotopic (exact) mass is 542 g/mol. The predicted octanol–water partition coefficient (Wildman–Crippen LogP) is 5.59. The Hall–Kier alpha value is -4.80. The van der Waals surface area contributed by atoms with Crippen LogP contribution in [0.4, 0.5) is 11.4 Å². The molecule has 38 heavy (non-hydrogen) atoms. The molecule has 4 rings (SSSR count). The van der Waals surface area contributed by atoms with Crippen LogP contribution < -0.4 is 21.3 Å². The predicted molar refractivity (Wildman–Crippen MR) is 156 cm³/mol. The van der Waals surface area contributed by atoms with E-state index in [9.17, 15) is 9.59 Å². The van der Waals surface area contributed by atoms with Gasteiger partial charge in [-0.15, -0.1) is 0 Å². The van der Waals surface area contributed by atoms with E-state index in [0.29, 0.717) is 11.5 Å². The minimum absolute atomic E-state index is 0.182. The molecule has 0 fully saturated rings. The van der Waals surface area contributed by atoms with Crippen molar-refractivity contribution < 1.29 is 18.4 Å². The molecule has 10 heteroatoms. The number of anilines is 2. The van der Waals surface area contributed by atoms with Gasteiger partial charge in [-0.05, 0) is 96.2 Å². The molecule has 0 spiro atoms. The summed E-state index contributed by atoms with van der Waals surface area (Å²) in [6.45, 7) is 0. The summed E-state index contributed by atoms with van der Waals surface area (Å²) in [5, 5.41) is 11.5. The van der Waals surface area contributed by atoms with Crippen LogP contribution in [0.2, 0.25) is 0 Å². The molecule has 2 heterocycles. The fraction of sp³-hybridized carbons (Fsp3) is 0. The molecule has 0 saturated carbocycles. The average molecular weight is 543 g/mol. The molecule has 0 atom stereocenters. The molecular formula is C28H22N4O4S2. The van der Waals surface area contributed by atoms with Crippen LogP contribution in [0.1, 0.15) is 11.5 Å². The fourth-order valence-electron chi connectivity index (χ4n) is 3.21. The molecule has 0 radical (unpaired) electrons. The Labute approximate surface area is 229 Å². The van der Waals surface area contributed by atoms with Crippen LogP contribution in [0, 0.1) is 0 Å². The number of carbonyl (C=O) groups excluding carboxylic acids is 2. The minimum Gasteiger partial charge on any atom is -0.465 e. The van der Waals surface area contributed by atoms with Crippen LogP contribution in [0.5, 0.6) is 0 Å². The van der Waals surface area contributed by atoms with E-state index in [1.807, 2.05) is 48.5 Å². The smallest absolute Gasteiger partial charge is 0.250 e. The second-order valence-electron chi connectivity index (χ2n) is 7.74. The van der Waals surface area contributed by atoms with Gasteiger partial charge in [-0.3, -0.25) is 20.2 Å². The lowest BCUT2D eigenvalue weighted by Gasteiger charge is -2.10.